The number of phenols is 2. The zero-order valence-electron chi connectivity index (χ0n) is 10.6. The summed E-state index contributed by atoms with van der Waals surface area (Å²) in [5.41, 5.74) is -0.0515. The second kappa shape index (κ2) is 6.28. The van der Waals surface area contributed by atoms with Crippen molar-refractivity contribution >= 4 is 21.8 Å². The van der Waals surface area contributed by atoms with Crippen LogP contribution in [0.2, 0.25) is 0 Å². The first-order valence-corrected chi connectivity index (χ1v) is 7.44. The molecule has 1 saturated carbocycles. The molecular weight excluding hydrogens is 310 g/mol. The number of benzene rings is 1. The molecule has 2 rings (SSSR count). The number of alkyl halides is 1. The summed E-state index contributed by atoms with van der Waals surface area (Å²) in [7, 11) is 0. The monoisotopic (exact) mass is 327 g/mol. The molecule has 1 fully saturated rings. The van der Waals surface area contributed by atoms with E-state index in [4.69, 9.17) is 0 Å². The predicted octanol–water partition coefficient (Wildman–Crippen LogP) is 2.78. The second-order valence-corrected chi connectivity index (χ2v) is 6.12. The van der Waals surface area contributed by atoms with E-state index >= 15 is 0 Å². The molecule has 0 aromatic heterocycles. The first-order valence-electron chi connectivity index (χ1n) is 6.53. The molecule has 0 aliphatic heterocycles. The van der Waals surface area contributed by atoms with Crippen molar-refractivity contribution in [2.24, 2.45) is 5.92 Å². The van der Waals surface area contributed by atoms with Crippen LogP contribution in [0.3, 0.4) is 0 Å². The van der Waals surface area contributed by atoms with Crippen LogP contribution >= 0.6 is 15.9 Å². The van der Waals surface area contributed by atoms with Crippen LogP contribution < -0.4 is 5.32 Å². The highest BCUT2D eigenvalue weighted by atomic mass is 79.9. The summed E-state index contributed by atoms with van der Waals surface area (Å²) in [6, 6.07) is 4.28. The molecule has 19 heavy (non-hydrogen) atoms. The van der Waals surface area contributed by atoms with Crippen molar-refractivity contribution in [3.05, 3.63) is 23.8 Å². The Morgan fingerprint density at radius 1 is 1.26 bits per heavy atom. The van der Waals surface area contributed by atoms with Gasteiger partial charge in [-0.1, -0.05) is 34.8 Å². The van der Waals surface area contributed by atoms with Crippen LogP contribution in [-0.2, 0) is 0 Å². The second-order valence-electron chi connectivity index (χ2n) is 4.94. The molecule has 1 aromatic carbocycles. The van der Waals surface area contributed by atoms with Crippen molar-refractivity contribution in [3.8, 4) is 11.5 Å². The van der Waals surface area contributed by atoms with E-state index in [0.717, 1.165) is 12.8 Å². The summed E-state index contributed by atoms with van der Waals surface area (Å²) < 4.78 is 0. The molecule has 1 aliphatic carbocycles. The van der Waals surface area contributed by atoms with Gasteiger partial charge in [-0.15, -0.1) is 0 Å². The quantitative estimate of drug-likeness (QED) is 0.747. The predicted molar refractivity (Wildman–Crippen MR) is 76.8 cm³/mol. The molecule has 0 heterocycles. The fourth-order valence-corrected chi connectivity index (χ4v) is 3.24. The number of halogens is 1. The lowest BCUT2D eigenvalue weighted by atomic mass is 9.89. The average Bonchev–Trinajstić information content (AvgIpc) is 2.37. The van der Waals surface area contributed by atoms with Gasteiger partial charge >= 0.3 is 0 Å². The highest BCUT2D eigenvalue weighted by molar-refractivity contribution is 9.09. The number of hydrogen-bond acceptors (Lipinski definition) is 3. The molecule has 5 heteroatoms. The third-order valence-electron chi connectivity index (χ3n) is 3.59. The minimum absolute atomic E-state index is 0.0515. The number of nitrogens with one attached hydrogen (secondary N) is 1. The maximum absolute atomic E-state index is 12.0. The first-order chi connectivity index (χ1) is 9.09. The van der Waals surface area contributed by atoms with Crippen LogP contribution in [-0.4, -0.2) is 27.5 Å². The Balaban J connectivity index is 1.97. The van der Waals surface area contributed by atoms with E-state index in [0.29, 0.717) is 17.3 Å². The van der Waals surface area contributed by atoms with Crippen LogP contribution in [0.1, 0.15) is 36.0 Å². The molecular formula is C14H18BrNO3. The summed E-state index contributed by atoms with van der Waals surface area (Å²) >= 11 is 3.64. The van der Waals surface area contributed by atoms with Gasteiger partial charge in [-0.25, -0.2) is 0 Å². The molecule has 2 atom stereocenters. The lowest BCUT2D eigenvalue weighted by Gasteiger charge is -2.27. The van der Waals surface area contributed by atoms with Gasteiger partial charge in [-0.05, 0) is 30.9 Å². The fraction of sp³-hybridized carbons (Fsp3) is 0.500. The third kappa shape index (κ3) is 3.41. The molecule has 0 saturated heterocycles. The molecule has 1 aliphatic rings. The number of aromatic hydroxyl groups is 2. The number of amides is 1. The van der Waals surface area contributed by atoms with Crippen LogP contribution in [0.25, 0.3) is 0 Å². The smallest absolute Gasteiger partial charge is 0.258 e. The lowest BCUT2D eigenvalue weighted by Crippen LogP contribution is -2.34. The van der Waals surface area contributed by atoms with E-state index in [1.807, 2.05) is 0 Å². The molecule has 0 bridgehead atoms. The normalized spacial score (nSPS) is 23.0. The van der Waals surface area contributed by atoms with Crippen molar-refractivity contribution in [2.75, 3.05) is 6.54 Å². The van der Waals surface area contributed by atoms with E-state index < -0.39 is 5.91 Å². The van der Waals surface area contributed by atoms with Crippen molar-refractivity contribution in [2.45, 2.75) is 30.5 Å². The molecule has 3 N–H and O–H groups in total. The molecule has 0 radical (unpaired) electrons. The number of carbonyl (C=O) groups excluding carboxylic acids is 1. The highest BCUT2D eigenvalue weighted by Crippen LogP contribution is 2.30. The Bertz CT molecular complexity index is 444. The summed E-state index contributed by atoms with van der Waals surface area (Å²) in [6.45, 7) is 0.558. The van der Waals surface area contributed by atoms with Gasteiger partial charge in [0.1, 0.15) is 17.1 Å². The Morgan fingerprint density at radius 3 is 2.53 bits per heavy atom. The van der Waals surface area contributed by atoms with Crippen molar-refractivity contribution in [1.29, 1.82) is 0 Å². The number of carbonyl (C=O) groups is 1. The standard InChI is InChI=1S/C14H18BrNO3/c15-10-5-2-1-4-9(10)8-16-14(19)13-11(17)6-3-7-12(13)18/h3,6-7,9-10,17-18H,1-2,4-5,8H2,(H,16,19). The molecule has 1 aromatic rings. The van der Waals surface area contributed by atoms with E-state index in [-0.39, 0.29) is 17.1 Å². The highest BCUT2D eigenvalue weighted by Gasteiger charge is 2.24. The minimum atomic E-state index is -0.430. The summed E-state index contributed by atoms with van der Waals surface area (Å²) in [5, 5.41) is 22.0. The fourth-order valence-electron chi connectivity index (χ4n) is 2.47. The topological polar surface area (TPSA) is 69.6 Å². The zero-order chi connectivity index (χ0) is 13.8. The molecule has 1 amide bonds. The Hall–Kier alpha value is -1.23. The van der Waals surface area contributed by atoms with Gasteiger partial charge in [0.25, 0.3) is 5.91 Å². The molecule has 4 nitrogen and oxygen atoms in total. The summed E-state index contributed by atoms with van der Waals surface area (Å²) in [5.74, 6) is -0.417. The van der Waals surface area contributed by atoms with E-state index in [2.05, 4.69) is 21.2 Å². The van der Waals surface area contributed by atoms with Gasteiger partial charge in [-0.2, -0.15) is 0 Å². The SMILES string of the molecule is O=C(NCC1CCCCC1Br)c1c(O)cccc1O. The Morgan fingerprint density at radius 2 is 1.89 bits per heavy atom. The summed E-state index contributed by atoms with van der Waals surface area (Å²) in [6.07, 6.45) is 4.62. The summed E-state index contributed by atoms with van der Waals surface area (Å²) in [4.78, 5) is 12.4. The Labute approximate surface area is 121 Å². The minimum Gasteiger partial charge on any atom is -0.507 e. The van der Waals surface area contributed by atoms with Crippen molar-refractivity contribution in [1.82, 2.24) is 5.32 Å². The largest absolute Gasteiger partial charge is 0.507 e. The van der Waals surface area contributed by atoms with Gasteiger partial charge in [0.05, 0.1) is 0 Å². The average molecular weight is 328 g/mol. The van der Waals surface area contributed by atoms with Crippen LogP contribution in [0.4, 0.5) is 0 Å². The molecule has 0 spiro atoms. The van der Waals surface area contributed by atoms with E-state index in [1.165, 1.54) is 31.0 Å². The maximum Gasteiger partial charge on any atom is 0.258 e. The Kier molecular flexibility index (Phi) is 4.69. The van der Waals surface area contributed by atoms with E-state index in [9.17, 15) is 15.0 Å². The third-order valence-corrected chi connectivity index (χ3v) is 4.79. The van der Waals surface area contributed by atoms with Gasteiger partial charge in [0.15, 0.2) is 0 Å². The number of phenolic OH excluding ortho intramolecular Hbond substituents is 2. The van der Waals surface area contributed by atoms with Gasteiger partial charge < -0.3 is 15.5 Å². The van der Waals surface area contributed by atoms with E-state index in [1.54, 1.807) is 0 Å². The van der Waals surface area contributed by atoms with Crippen LogP contribution in [0, 0.1) is 5.92 Å². The lowest BCUT2D eigenvalue weighted by molar-refractivity contribution is 0.0939. The van der Waals surface area contributed by atoms with Gasteiger partial charge in [0.2, 0.25) is 0 Å². The van der Waals surface area contributed by atoms with Gasteiger partial charge in [-0.3, -0.25) is 4.79 Å². The van der Waals surface area contributed by atoms with Crippen LogP contribution in [0.15, 0.2) is 18.2 Å². The number of rotatable bonds is 3. The first kappa shape index (κ1) is 14.2. The van der Waals surface area contributed by atoms with Gasteiger partial charge in [0, 0.05) is 11.4 Å². The zero-order valence-corrected chi connectivity index (χ0v) is 12.2. The molecule has 104 valence electrons. The number of hydrogen-bond donors (Lipinski definition) is 3. The van der Waals surface area contributed by atoms with Crippen LogP contribution in [0.5, 0.6) is 11.5 Å². The maximum atomic E-state index is 12.0. The van der Waals surface area contributed by atoms with Crippen molar-refractivity contribution in [3.63, 3.8) is 0 Å². The molecule has 2 unspecified atom stereocenters. The van der Waals surface area contributed by atoms with Crippen molar-refractivity contribution < 1.29 is 15.0 Å².